The fourth-order valence-corrected chi connectivity index (χ4v) is 4.11. The van der Waals surface area contributed by atoms with Gasteiger partial charge in [0.15, 0.2) is 5.69 Å². The predicted octanol–water partition coefficient (Wildman–Crippen LogP) is 4.42. The number of nitrogens with zero attached hydrogens (tertiary/aromatic N) is 2. The minimum atomic E-state index is -4.62. The maximum absolute atomic E-state index is 13.3. The van der Waals surface area contributed by atoms with Crippen LogP contribution in [-0.4, -0.2) is 18.2 Å². The summed E-state index contributed by atoms with van der Waals surface area (Å²) in [7, 11) is -3.91. The van der Waals surface area contributed by atoms with Gasteiger partial charge in [-0.05, 0) is 59.3 Å². The van der Waals surface area contributed by atoms with Gasteiger partial charge in [-0.3, -0.25) is 0 Å². The zero-order valence-electron chi connectivity index (χ0n) is 14.0. The second-order valence-corrected chi connectivity index (χ2v) is 8.55. The lowest BCUT2D eigenvalue weighted by Gasteiger charge is -2.09. The highest BCUT2D eigenvalue weighted by molar-refractivity contribution is 7.89. The van der Waals surface area contributed by atoms with Gasteiger partial charge < -0.3 is 0 Å². The van der Waals surface area contributed by atoms with Gasteiger partial charge in [0.1, 0.15) is 0 Å². The third kappa shape index (κ3) is 3.41. The van der Waals surface area contributed by atoms with Crippen LogP contribution >= 0.6 is 11.3 Å². The van der Waals surface area contributed by atoms with Crippen molar-refractivity contribution in [2.45, 2.75) is 11.1 Å². The summed E-state index contributed by atoms with van der Waals surface area (Å²) in [6.07, 6.45) is -4.62. The van der Waals surface area contributed by atoms with E-state index in [0.29, 0.717) is 5.56 Å². The monoisotopic (exact) mass is 423 g/mol. The van der Waals surface area contributed by atoms with Crippen LogP contribution in [0.3, 0.4) is 0 Å². The van der Waals surface area contributed by atoms with E-state index in [1.54, 1.807) is 12.1 Å². The van der Waals surface area contributed by atoms with Crippen molar-refractivity contribution < 1.29 is 21.6 Å². The molecule has 0 radical (unpaired) electrons. The molecular formula is C18H12F3N3O2S2. The summed E-state index contributed by atoms with van der Waals surface area (Å²) in [5.41, 5.74) is 0.0416. The van der Waals surface area contributed by atoms with Crippen molar-refractivity contribution in [3.63, 3.8) is 0 Å². The summed E-state index contributed by atoms with van der Waals surface area (Å²) < 4.78 is 64.8. The molecule has 0 aliphatic carbocycles. The molecule has 4 rings (SSSR count). The number of benzene rings is 2. The van der Waals surface area contributed by atoms with E-state index in [1.165, 1.54) is 35.6 Å². The van der Waals surface area contributed by atoms with Crippen molar-refractivity contribution in [1.82, 2.24) is 9.78 Å². The summed E-state index contributed by atoms with van der Waals surface area (Å²) >= 11 is 1.53. The molecule has 2 aromatic carbocycles. The molecule has 2 N–H and O–H groups in total. The lowest BCUT2D eigenvalue weighted by atomic mass is 10.1. The Morgan fingerprint density at radius 1 is 1.00 bits per heavy atom. The van der Waals surface area contributed by atoms with Crippen LogP contribution in [0.5, 0.6) is 0 Å². The van der Waals surface area contributed by atoms with Gasteiger partial charge in [0.05, 0.1) is 16.3 Å². The Morgan fingerprint density at radius 2 is 1.71 bits per heavy atom. The summed E-state index contributed by atoms with van der Waals surface area (Å²) in [5, 5.41) is 11.6. The number of sulfonamides is 1. The number of aromatic nitrogens is 2. The van der Waals surface area contributed by atoms with E-state index >= 15 is 0 Å². The fourth-order valence-electron chi connectivity index (χ4n) is 2.83. The SMILES string of the molecule is NS(=O)(=O)c1ccc(-n2nc(C(F)(F)F)cc2-c2ccc3sccc3c2)cc1. The second kappa shape index (κ2) is 6.43. The van der Waals surface area contributed by atoms with E-state index in [1.807, 2.05) is 17.5 Å². The number of primary sulfonamides is 1. The summed E-state index contributed by atoms with van der Waals surface area (Å²) in [6.45, 7) is 0. The van der Waals surface area contributed by atoms with Gasteiger partial charge in [-0.2, -0.15) is 18.3 Å². The first kappa shape index (κ1) is 18.7. The van der Waals surface area contributed by atoms with Gasteiger partial charge in [0.2, 0.25) is 10.0 Å². The predicted molar refractivity (Wildman–Crippen MR) is 101 cm³/mol. The molecule has 5 nitrogen and oxygen atoms in total. The lowest BCUT2D eigenvalue weighted by Crippen LogP contribution is -2.12. The molecule has 144 valence electrons. The molecule has 2 heterocycles. The summed E-state index contributed by atoms with van der Waals surface area (Å²) in [6, 6.07) is 13.4. The van der Waals surface area contributed by atoms with Crippen LogP contribution in [0.1, 0.15) is 5.69 Å². The Bertz CT molecular complexity index is 1270. The first-order valence-corrected chi connectivity index (χ1v) is 10.3. The zero-order chi connectivity index (χ0) is 20.1. The number of fused-ring (bicyclic) bond motifs is 1. The first-order valence-electron chi connectivity index (χ1n) is 7.91. The number of hydrogen-bond donors (Lipinski definition) is 1. The molecule has 0 aliphatic heterocycles. The average Bonchev–Trinajstić information content (AvgIpc) is 3.27. The van der Waals surface area contributed by atoms with Crippen LogP contribution in [0.4, 0.5) is 13.2 Å². The van der Waals surface area contributed by atoms with Gasteiger partial charge in [-0.15, -0.1) is 11.3 Å². The Hall–Kier alpha value is -2.69. The molecule has 4 aromatic rings. The minimum Gasteiger partial charge on any atom is -0.233 e. The second-order valence-electron chi connectivity index (χ2n) is 6.04. The van der Waals surface area contributed by atoms with E-state index < -0.39 is 21.9 Å². The highest BCUT2D eigenvalue weighted by Crippen LogP contribution is 2.35. The zero-order valence-corrected chi connectivity index (χ0v) is 15.6. The highest BCUT2D eigenvalue weighted by atomic mass is 32.2. The van der Waals surface area contributed by atoms with Crippen molar-refractivity contribution in [3.05, 3.63) is 65.7 Å². The number of hydrogen-bond acceptors (Lipinski definition) is 4. The maximum Gasteiger partial charge on any atom is 0.435 e. The standard InChI is InChI=1S/C18H12F3N3O2S2/c19-18(20,21)17-10-15(11-1-6-16-12(9-11)7-8-27-16)24(23-17)13-2-4-14(5-3-13)28(22,25)26/h1-10H,(H2,22,25,26). The lowest BCUT2D eigenvalue weighted by molar-refractivity contribution is -0.141. The molecule has 0 saturated carbocycles. The van der Waals surface area contributed by atoms with Crippen LogP contribution in [-0.2, 0) is 16.2 Å². The highest BCUT2D eigenvalue weighted by Gasteiger charge is 2.35. The number of halogens is 3. The van der Waals surface area contributed by atoms with Crippen LogP contribution in [0, 0.1) is 0 Å². The van der Waals surface area contributed by atoms with Gasteiger partial charge in [-0.25, -0.2) is 18.2 Å². The number of nitrogens with two attached hydrogens (primary N) is 1. The fraction of sp³-hybridized carbons (Fsp3) is 0.0556. The van der Waals surface area contributed by atoms with Crippen LogP contribution in [0.2, 0.25) is 0 Å². The molecule has 0 atom stereocenters. The molecule has 28 heavy (non-hydrogen) atoms. The molecule has 0 amide bonds. The molecule has 0 bridgehead atoms. The third-order valence-electron chi connectivity index (χ3n) is 4.16. The molecule has 0 fully saturated rings. The minimum absolute atomic E-state index is 0.138. The van der Waals surface area contributed by atoms with Gasteiger partial charge in [0, 0.05) is 10.3 Å². The molecule has 0 unspecified atom stereocenters. The quantitative estimate of drug-likeness (QED) is 0.530. The van der Waals surface area contributed by atoms with E-state index in [4.69, 9.17) is 5.14 Å². The molecular weight excluding hydrogens is 411 g/mol. The normalized spacial score (nSPS) is 12.6. The van der Waals surface area contributed by atoms with Crippen molar-refractivity contribution in [2.24, 2.45) is 5.14 Å². The number of rotatable bonds is 3. The van der Waals surface area contributed by atoms with Gasteiger partial charge in [0.25, 0.3) is 0 Å². The maximum atomic E-state index is 13.3. The smallest absolute Gasteiger partial charge is 0.233 e. The Kier molecular flexibility index (Phi) is 4.29. The van der Waals surface area contributed by atoms with E-state index in [-0.39, 0.29) is 16.3 Å². The van der Waals surface area contributed by atoms with E-state index in [2.05, 4.69) is 5.10 Å². The van der Waals surface area contributed by atoms with Crippen LogP contribution < -0.4 is 5.14 Å². The molecule has 0 saturated heterocycles. The van der Waals surface area contributed by atoms with Gasteiger partial charge >= 0.3 is 6.18 Å². The van der Waals surface area contributed by atoms with E-state index in [0.717, 1.165) is 20.8 Å². The van der Waals surface area contributed by atoms with Crippen molar-refractivity contribution in [3.8, 4) is 16.9 Å². The van der Waals surface area contributed by atoms with Crippen molar-refractivity contribution in [1.29, 1.82) is 0 Å². The van der Waals surface area contributed by atoms with Crippen molar-refractivity contribution >= 4 is 31.4 Å². The Labute approximate surface area is 161 Å². The topological polar surface area (TPSA) is 78.0 Å². The summed E-state index contributed by atoms with van der Waals surface area (Å²) in [4.78, 5) is -0.138. The third-order valence-corrected chi connectivity index (χ3v) is 5.98. The molecule has 10 heteroatoms. The van der Waals surface area contributed by atoms with E-state index in [9.17, 15) is 21.6 Å². The number of alkyl halides is 3. The van der Waals surface area contributed by atoms with Gasteiger partial charge in [-0.1, -0.05) is 6.07 Å². The molecule has 0 spiro atoms. The number of thiophene rings is 1. The Balaban J connectivity index is 1.89. The average molecular weight is 423 g/mol. The van der Waals surface area contributed by atoms with Crippen molar-refractivity contribution in [2.75, 3.05) is 0 Å². The molecule has 0 aliphatic rings. The van der Waals surface area contributed by atoms with Crippen LogP contribution in [0.15, 0.2) is 64.9 Å². The van der Waals surface area contributed by atoms with Crippen LogP contribution in [0.25, 0.3) is 27.0 Å². The first-order chi connectivity index (χ1) is 13.1. The Morgan fingerprint density at radius 3 is 2.36 bits per heavy atom. The largest absolute Gasteiger partial charge is 0.435 e. The molecule has 2 aromatic heterocycles. The summed E-state index contributed by atoms with van der Waals surface area (Å²) in [5.74, 6) is 0.